The van der Waals surface area contributed by atoms with Gasteiger partial charge in [-0.1, -0.05) is 13.8 Å². The van der Waals surface area contributed by atoms with Gasteiger partial charge in [-0.2, -0.15) is 0 Å². The van der Waals surface area contributed by atoms with E-state index >= 15 is 0 Å². The Hall–Kier alpha value is -0.620. The van der Waals surface area contributed by atoms with Crippen LogP contribution in [-0.4, -0.2) is 31.3 Å². The van der Waals surface area contributed by atoms with Crippen LogP contribution in [-0.2, 0) is 14.8 Å². The standard InChI is InChI=1S/C10H19NO4S/c1-7-3-4-9(8(2)5-7)11-16(14,15)6-10(12)13/h7-9,11H,3-6H2,1-2H3,(H,12,13). The molecule has 0 aromatic rings. The van der Waals surface area contributed by atoms with Gasteiger partial charge in [0.05, 0.1) is 0 Å². The van der Waals surface area contributed by atoms with Gasteiger partial charge in [0.1, 0.15) is 0 Å². The van der Waals surface area contributed by atoms with E-state index in [1.165, 1.54) is 0 Å². The van der Waals surface area contributed by atoms with E-state index in [0.717, 1.165) is 19.3 Å². The average molecular weight is 249 g/mol. The lowest BCUT2D eigenvalue weighted by molar-refractivity contribution is -0.134. The Morgan fingerprint density at radius 1 is 1.38 bits per heavy atom. The van der Waals surface area contributed by atoms with Crippen LogP contribution >= 0.6 is 0 Å². The zero-order valence-corrected chi connectivity index (χ0v) is 10.5. The molecule has 1 fully saturated rings. The monoisotopic (exact) mass is 249 g/mol. The highest BCUT2D eigenvalue weighted by atomic mass is 32.2. The molecule has 0 aromatic carbocycles. The number of sulfonamides is 1. The highest BCUT2D eigenvalue weighted by Crippen LogP contribution is 2.28. The Morgan fingerprint density at radius 3 is 2.50 bits per heavy atom. The first-order chi connectivity index (χ1) is 7.30. The van der Waals surface area contributed by atoms with E-state index in [-0.39, 0.29) is 12.0 Å². The van der Waals surface area contributed by atoms with Crippen LogP contribution in [0.1, 0.15) is 33.1 Å². The van der Waals surface area contributed by atoms with Gasteiger partial charge in [-0.3, -0.25) is 4.79 Å². The fourth-order valence-electron chi connectivity index (χ4n) is 2.28. The molecule has 0 spiro atoms. The number of hydrogen-bond acceptors (Lipinski definition) is 3. The minimum absolute atomic E-state index is 0.111. The second-order valence-electron chi connectivity index (χ2n) is 4.77. The summed E-state index contributed by atoms with van der Waals surface area (Å²) < 4.78 is 25.4. The fourth-order valence-corrected chi connectivity index (χ4v) is 3.50. The van der Waals surface area contributed by atoms with E-state index in [1.807, 2.05) is 6.92 Å². The molecule has 5 nitrogen and oxygen atoms in total. The minimum atomic E-state index is -3.68. The summed E-state index contributed by atoms with van der Waals surface area (Å²) in [5.41, 5.74) is 0. The molecule has 94 valence electrons. The molecule has 0 aliphatic heterocycles. The Labute approximate surface area is 96.3 Å². The fraction of sp³-hybridized carbons (Fsp3) is 0.900. The van der Waals surface area contributed by atoms with Crippen LogP contribution in [0.5, 0.6) is 0 Å². The summed E-state index contributed by atoms with van der Waals surface area (Å²) in [7, 11) is -3.68. The quantitative estimate of drug-likeness (QED) is 0.772. The third kappa shape index (κ3) is 4.09. The molecule has 0 bridgehead atoms. The largest absolute Gasteiger partial charge is 0.480 e. The topological polar surface area (TPSA) is 83.5 Å². The van der Waals surface area contributed by atoms with Crippen LogP contribution in [0.25, 0.3) is 0 Å². The van der Waals surface area contributed by atoms with Gasteiger partial charge in [-0.25, -0.2) is 13.1 Å². The van der Waals surface area contributed by atoms with Crippen molar-refractivity contribution in [2.24, 2.45) is 11.8 Å². The van der Waals surface area contributed by atoms with Gasteiger partial charge in [-0.05, 0) is 31.1 Å². The van der Waals surface area contributed by atoms with Crippen molar-refractivity contribution in [2.45, 2.75) is 39.2 Å². The molecule has 1 aliphatic carbocycles. The molecule has 0 radical (unpaired) electrons. The van der Waals surface area contributed by atoms with Crippen molar-refractivity contribution in [1.82, 2.24) is 4.72 Å². The van der Waals surface area contributed by atoms with Crippen molar-refractivity contribution in [1.29, 1.82) is 0 Å². The van der Waals surface area contributed by atoms with Crippen molar-refractivity contribution in [2.75, 3.05) is 5.75 Å². The van der Waals surface area contributed by atoms with Gasteiger partial charge in [-0.15, -0.1) is 0 Å². The number of aliphatic carboxylic acids is 1. The predicted octanol–water partition coefficient (Wildman–Crippen LogP) is 0.815. The number of hydrogen-bond donors (Lipinski definition) is 2. The van der Waals surface area contributed by atoms with E-state index in [0.29, 0.717) is 5.92 Å². The third-order valence-electron chi connectivity index (χ3n) is 3.08. The summed E-state index contributed by atoms with van der Waals surface area (Å²) in [5.74, 6) is -1.27. The predicted molar refractivity (Wildman–Crippen MR) is 60.5 cm³/mol. The lowest BCUT2D eigenvalue weighted by Gasteiger charge is -2.32. The Kier molecular flexibility index (Phi) is 4.32. The molecular weight excluding hydrogens is 230 g/mol. The first-order valence-corrected chi connectivity index (χ1v) is 7.17. The summed E-state index contributed by atoms with van der Waals surface area (Å²) in [6.07, 6.45) is 2.77. The van der Waals surface area contributed by atoms with Crippen molar-refractivity contribution >= 4 is 16.0 Å². The summed E-state index contributed by atoms with van der Waals surface area (Å²) in [5, 5.41) is 8.47. The van der Waals surface area contributed by atoms with E-state index < -0.39 is 21.7 Å². The van der Waals surface area contributed by atoms with E-state index in [2.05, 4.69) is 11.6 Å². The lowest BCUT2D eigenvalue weighted by Crippen LogP contribution is -2.44. The molecule has 2 N–H and O–H groups in total. The van der Waals surface area contributed by atoms with Crippen LogP contribution in [0.3, 0.4) is 0 Å². The zero-order valence-electron chi connectivity index (χ0n) is 9.64. The second kappa shape index (κ2) is 5.14. The van der Waals surface area contributed by atoms with Gasteiger partial charge in [0.25, 0.3) is 0 Å². The Balaban J connectivity index is 2.57. The van der Waals surface area contributed by atoms with Gasteiger partial charge >= 0.3 is 5.97 Å². The summed E-state index contributed by atoms with van der Waals surface area (Å²) >= 11 is 0. The van der Waals surface area contributed by atoms with Crippen LogP contribution in [0.2, 0.25) is 0 Å². The highest BCUT2D eigenvalue weighted by molar-refractivity contribution is 7.90. The third-order valence-corrected chi connectivity index (χ3v) is 4.36. The van der Waals surface area contributed by atoms with Crippen LogP contribution < -0.4 is 4.72 Å². The summed E-state index contributed by atoms with van der Waals surface area (Å²) in [4.78, 5) is 10.4. The number of carboxylic acid groups (broad SMARTS) is 1. The smallest absolute Gasteiger partial charge is 0.320 e. The molecule has 3 atom stereocenters. The lowest BCUT2D eigenvalue weighted by atomic mass is 9.80. The Morgan fingerprint density at radius 2 is 2.00 bits per heavy atom. The van der Waals surface area contributed by atoms with Crippen molar-refractivity contribution in [3.05, 3.63) is 0 Å². The van der Waals surface area contributed by atoms with Gasteiger partial charge in [0.2, 0.25) is 10.0 Å². The van der Waals surface area contributed by atoms with Crippen LogP contribution in [0.15, 0.2) is 0 Å². The second-order valence-corrected chi connectivity index (χ2v) is 6.53. The molecule has 1 aliphatic rings. The maximum Gasteiger partial charge on any atom is 0.320 e. The van der Waals surface area contributed by atoms with Gasteiger partial charge < -0.3 is 5.11 Å². The highest BCUT2D eigenvalue weighted by Gasteiger charge is 2.29. The zero-order chi connectivity index (χ0) is 12.3. The minimum Gasteiger partial charge on any atom is -0.480 e. The molecular formula is C10H19NO4S. The van der Waals surface area contributed by atoms with E-state index in [1.54, 1.807) is 0 Å². The maximum absolute atomic E-state index is 11.4. The SMILES string of the molecule is CC1CCC(NS(=O)(=O)CC(=O)O)C(C)C1. The van der Waals surface area contributed by atoms with E-state index in [9.17, 15) is 13.2 Å². The first kappa shape index (κ1) is 13.4. The number of nitrogens with one attached hydrogen (secondary N) is 1. The molecule has 1 rings (SSSR count). The molecule has 0 heterocycles. The molecule has 16 heavy (non-hydrogen) atoms. The van der Waals surface area contributed by atoms with E-state index in [4.69, 9.17) is 5.11 Å². The van der Waals surface area contributed by atoms with Crippen LogP contribution in [0, 0.1) is 11.8 Å². The van der Waals surface area contributed by atoms with Crippen molar-refractivity contribution < 1.29 is 18.3 Å². The van der Waals surface area contributed by atoms with Crippen LogP contribution in [0.4, 0.5) is 0 Å². The number of rotatable bonds is 4. The molecule has 3 unspecified atom stereocenters. The van der Waals surface area contributed by atoms with Crippen molar-refractivity contribution in [3.63, 3.8) is 0 Å². The average Bonchev–Trinajstić information content (AvgIpc) is 2.07. The number of carbonyl (C=O) groups is 1. The molecule has 0 saturated heterocycles. The maximum atomic E-state index is 11.4. The normalized spacial score (nSPS) is 31.2. The van der Waals surface area contributed by atoms with Crippen molar-refractivity contribution in [3.8, 4) is 0 Å². The summed E-state index contributed by atoms with van der Waals surface area (Å²) in [6.45, 7) is 4.15. The van der Waals surface area contributed by atoms with Gasteiger partial charge in [0.15, 0.2) is 5.75 Å². The molecule has 0 amide bonds. The Bertz CT molecular complexity index is 352. The first-order valence-electron chi connectivity index (χ1n) is 5.52. The molecule has 0 aromatic heterocycles. The van der Waals surface area contributed by atoms with Gasteiger partial charge in [0, 0.05) is 6.04 Å². The molecule has 6 heteroatoms. The number of carboxylic acids is 1. The molecule has 1 saturated carbocycles. The summed E-state index contributed by atoms with van der Waals surface area (Å²) in [6, 6.07) is -0.111.